The lowest BCUT2D eigenvalue weighted by atomic mass is 10.2. The third-order valence-corrected chi connectivity index (χ3v) is 7.64. The zero-order chi connectivity index (χ0) is 32.4. The third-order valence-electron chi connectivity index (χ3n) is 5.64. The van der Waals surface area contributed by atoms with E-state index in [4.69, 9.17) is 0 Å². The maximum Gasteiger partial charge on any atom is 0.0384 e. The summed E-state index contributed by atoms with van der Waals surface area (Å²) in [5.41, 5.74) is 3.42. The van der Waals surface area contributed by atoms with Crippen molar-refractivity contribution in [3.05, 3.63) is 220 Å². The van der Waals surface area contributed by atoms with Crippen LogP contribution in [0.25, 0.3) is 4.91 Å². The number of benzene rings is 6. The van der Waals surface area contributed by atoms with Crippen molar-refractivity contribution in [2.75, 3.05) is 5.32 Å². The van der Waals surface area contributed by atoms with Crippen LogP contribution in [0.2, 0.25) is 0 Å². The van der Waals surface area contributed by atoms with E-state index in [1.165, 1.54) is 20.2 Å². The van der Waals surface area contributed by atoms with Gasteiger partial charge < -0.3 is 5.32 Å². The summed E-state index contributed by atoms with van der Waals surface area (Å²) in [6, 6.07) is 61.6. The molecule has 0 radical (unpaired) electrons. The van der Waals surface area contributed by atoms with Gasteiger partial charge in [-0.05, 0) is 66.2 Å². The molecule has 0 heterocycles. The monoisotopic (exact) mass is 623 g/mol. The lowest BCUT2D eigenvalue weighted by Gasteiger charge is -2.04. The van der Waals surface area contributed by atoms with E-state index in [1.807, 2.05) is 109 Å². The molecule has 6 aromatic carbocycles. The highest BCUT2D eigenvalue weighted by molar-refractivity contribution is 8.08. The van der Waals surface area contributed by atoms with E-state index in [9.17, 15) is 0 Å². The molecule has 45 heavy (non-hydrogen) atoms. The molecular formula is C42H41NS2. The molecule has 0 saturated heterocycles. The Bertz CT molecular complexity index is 1410. The van der Waals surface area contributed by atoms with E-state index in [-0.39, 0.29) is 0 Å². The lowest BCUT2D eigenvalue weighted by molar-refractivity contribution is 1.41. The molecule has 0 saturated carbocycles. The SMILES string of the molecule is C=C.C=C.C=C(Sc1ccccc1)c1ccccc1.c1ccc(Nc2ccccc2)cc1.c1ccc(Sc2ccccc2)cc1. The lowest BCUT2D eigenvalue weighted by Crippen LogP contribution is -1.87. The quantitative estimate of drug-likeness (QED) is 0.140. The van der Waals surface area contributed by atoms with Crippen LogP contribution in [0.4, 0.5) is 11.4 Å². The standard InChI is InChI=1S/C14H12S.C12H11N.C12H10S.2C2H4/c1-12(13-8-4-2-5-9-13)15-14-10-6-3-7-11-14;2*1-3-7-11(8-4-1)13-12-9-5-2-6-10-12;2*1-2/h2-11H,1H2;1-10,13H;1-10H;2*1-2H2. The summed E-state index contributed by atoms with van der Waals surface area (Å²) in [4.78, 5) is 4.88. The first kappa shape index (κ1) is 36.2. The van der Waals surface area contributed by atoms with Gasteiger partial charge in [0.2, 0.25) is 0 Å². The average Bonchev–Trinajstić information content (AvgIpc) is 3.13. The molecule has 226 valence electrons. The highest BCUT2D eigenvalue weighted by Crippen LogP contribution is 2.32. The Kier molecular flexibility index (Phi) is 18.9. The van der Waals surface area contributed by atoms with Gasteiger partial charge in [0.15, 0.2) is 0 Å². The molecular weight excluding hydrogens is 583 g/mol. The van der Waals surface area contributed by atoms with Gasteiger partial charge in [-0.15, -0.1) is 26.3 Å². The van der Waals surface area contributed by atoms with Crippen molar-refractivity contribution >= 4 is 39.8 Å². The fraction of sp³-hybridized carbons (Fsp3) is 0. The molecule has 0 amide bonds. The Morgan fingerprint density at radius 1 is 0.378 bits per heavy atom. The van der Waals surface area contributed by atoms with Crippen molar-refractivity contribution in [1.29, 1.82) is 0 Å². The Morgan fingerprint density at radius 3 is 1.02 bits per heavy atom. The van der Waals surface area contributed by atoms with Crippen molar-refractivity contribution in [1.82, 2.24) is 0 Å². The summed E-state index contributed by atoms with van der Waals surface area (Å²) in [6.45, 7) is 16.1. The van der Waals surface area contributed by atoms with Crippen molar-refractivity contribution in [2.24, 2.45) is 0 Å². The Hall–Kier alpha value is -4.96. The molecule has 6 aromatic rings. The van der Waals surface area contributed by atoms with Gasteiger partial charge in [-0.1, -0.05) is 151 Å². The average molecular weight is 624 g/mol. The maximum atomic E-state index is 4.08. The second kappa shape index (κ2) is 23.5. The summed E-state index contributed by atoms with van der Waals surface area (Å²) in [6.07, 6.45) is 0. The zero-order valence-corrected chi connectivity index (χ0v) is 27.3. The van der Waals surface area contributed by atoms with Crippen LogP contribution in [-0.4, -0.2) is 0 Å². The van der Waals surface area contributed by atoms with E-state index in [2.05, 4.69) is 111 Å². The number of rotatable bonds is 7. The molecule has 0 spiro atoms. The number of thioether (sulfide) groups is 1. The molecule has 0 atom stereocenters. The van der Waals surface area contributed by atoms with Gasteiger partial charge in [0.1, 0.15) is 0 Å². The van der Waals surface area contributed by atoms with Gasteiger partial charge in [0.25, 0.3) is 0 Å². The van der Waals surface area contributed by atoms with Gasteiger partial charge in [0.05, 0.1) is 0 Å². The Morgan fingerprint density at radius 2 is 0.667 bits per heavy atom. The molecule has 0 aliphatic rings. The van der Waals surface area contributed by atoms with Crippen molar-refractivity contribution in [2.45, 2.75) is 14.7 Å². The summed E-state index contributed by atoms with van der Waals surface area (Å²) in [5, 5.41) is 3.30. The molecule has 0 bridgehead atoms. The number of hydrogen-bond donors (Lipinski definition) is 1. The molecule has 3 heteroatoms. The van der Waals surface area contributed by atoms with Crippen LogP contribution in [0, 0.1) is 0 Å². The molecule has 0 aromatic heterocycles. The second-order valence-corrected chi connectivity index (χ2v) is 11.1. The van der Waals surface area contributed by atoms with Crippen molar-refractivity contribution in [3.63, 3.8) is 0 Å². The fourth-order valence-corrected chi connectivity index (χ4v) is 5.33. The number of para-hydroxylation sites is 2. The van der Waals surface area contributed by atoms with Crippen LogP contribution < -0.4 is 5.32 Å². The van der Waals surface area contributed by atoms with Crippen LogP contribution in [0.15, 0.2) is 230 Å². The normalized spacial score (nSPS) is 9.07. The van der Waals surface area contributed by atoms with Crippen LogP contribution in [-0.2, 0) is 0 Å². The highest BCUT2D eigenvalue weighted by atomic mass is 32.2. The van der Waals surface area contributed by atoms with Crippen LogP contribution in [0.3, 0.4) is 0 Å². The minimum absolute atomic E-state index is 1.09. The maximum absolute atomic E-state index is 4.08. The second-order valence-electron chi connectivity index (χ2n) is 8.79. The molecule has 1 nitrogen and oxygen atoms in total. The highest BCUT2D eigenvalue weighted by Gasteiger charge is 1.99. The fourth-order valence-electron chi connectivity index (χ4n) is 3.64. The topological polar surface area (TPSA) is 12.0 Å². The van der Waals surface area contributed by atoms with Crippen LogP contribution >= 0.6 is 23.5 Å². The summed E-state index contributed by atoms with van der Waals surface area (Å²) in [5.74, 6) is 0. The minimum Gasteiger partial charge on any atom is -0.356 e. The van der Waals surface area contributed by atoms with Gasteiger partial charge >= 0.3 is 0 Å². The van der Waals surface area contributed by atoms with Crippen LogP contribution in [0.1, 0.15) is 5.56 Å². The first-order valence-electron chi connectivity index (χ1n) is 14.4. The van der Waals surface area contributed by atoms with E-state index in [0.29, 0.717) is 0 Å². The van der Waals surface area contributed by atoms with E-state index >= 15 is 0 Å². The predicted octanol–water partition coefficient (Wildman–Crippen LogP) is 13.3. The summed E-state index contributed by atoms with van der Waals surface area (Å²) in [7, 11) is 0. The van der Waals surface area contributed by atoms with Gasteiger partial charge in [-0.25, -0.2) is 0 Å². The first-order chi connectivity index (χ1) is 22.3. The molecule has 0 fully saturated rings. The van der Waals surface area contributed by atoms with Crippen molar-refractivity contribution in [3.8, 4) is 0 Å². The molecule has 0 aliphatic heterocycles. The van der Waals surface area contributed by atoms with Crippen molar-refractivity contribution < 1.29 is 0 Å². The first-order valence-corrected chi connectivity index (χ1v) is 16.0. The molecule has 6 rings (SSSR count). The predicted molar refractivity (Wildman–Crippen MR) is 203 cm³/mol. The van der Waals surface area contributed by atoms with E-state index in [1.54, 1.807) is 23.5 Å². The third kappa shape index (κ3) is 15.4. The molecule has 0 aliphatic carbocycles. The Labute approximate surface area is 279 Å². The summed E-state index contributed by atoms with van der Waals surface area (Å²) < 4.78 is 0. The largest absolute Gasteiger partial charge is 0.356 e. The smallest absolute Gasteiger partial charge is 0.0384 e. The number of hydrogen-bond acceptors (Lipinski definition) is 3. The number of anilines is 2. The zero-order valence-electron chi connectivity index (χ0n) is 25.7. The molecule has 1 N–H and O–H groups in total. The number of nitrogens with one attached hydrogen (secondary N) is 1. The van der Waals surface area contributed by atoms with E-state index < -0.39 is 0 Å². The Balaban J connectivity index is 0.000000223. The van der Waals surface area contributed by atoms with Gasteiger partial charge in [-0.2, -0.15) is 0 Å². The van der Waals surface area contributed by atoms with E-state index in [0.717, 1.165) is 16.3 Å². The van der Waals surface area contributed by atoms with Gasteiger partial charge in [0, 0.05) is 31.0 Å². The van der Waals surface area contributed by atoms with Crippen LogP contribution in [0.5, 0.6) is 0 Å². The summed E-state index contributed by atoms with van der Waals surface area (Å²) >= 11 is 3.49. The molecule has 0 unspecified atom stereocenters. The van der Waals surface area contributed by atoms with Gasteiger partial charge in [-0.3, -0.25) is 0 Å². The minimum atomic E-state index is 1.09.